The van der Waals surface area contributed by atoms with E-state index in [2.05, 4.69) is 0 Å². The van der Waals surface area contributed by atoms with Crippen molar-refractivity contribution in [2.45, 2.75) is 6.04 Å². The highest BCUT2D eigenvalue weighted by Gasteiger charge is 2.57. The van der Waals surface area contributed by atoms with Crippen LogP contribution in [0.2, 0.25) is 0 Å². The van der Waals surface area contributed by atoms with Gasteiger partial charge in [-0.05, 0) is 42.5 Å². The molecule has 2 aliphatic heterocycles. The number of rotatable bonds is 5. The van der Waals surface area contributed by atoms with E-state index in [0.29, 0.717) is 28.5 Å². The van der Waals surface area contributed by atoms with E-state index in [-0.39, 0.29) is 11.8 Å². The first-order chi connectivity index (χ1) is 15.6. The Hall–Kier alpha value is -4.13. The second kappa shape index (κ2) is 7.85. The maximum absolute atomic E-state index is 13.6. The quantitative estimate of drug-likeness (QED) is 0.583. The molecule has 0 aromatic heterocycles. The normalized spacial score (nSPS) is 19.8. The van der Waals surface area contributed by atoms with Crippen LogP contribution in [0.5, 0.6) is 11.5 Å². The summed E-state index contributed by atoms with van der Waals surface area (Å²) in [5.74, 6) is -0.224. The molecule has 0 aliphatic carbocycles. The molecule has 3 aromatic carbocycles. The minimum Gasteiger partial charge on any atom is -0.493 e. The Kier molecular flexibility index (Phi) is 4.86. The molecular weight excluding hydrogens is 406 g/mol. The number of hydrogen-bond acceptors (Lipinski definition) is 6. The molecule has 7 heteroatoms. The Morgan fingerprint density at radius 3 is 2.00 bits per heavy atom. The SMILES string of the molecule is COc1ccc(C2=NN(c3ccccc3)[C@H]3C(=O)N(c4ccccc4)C(=O)[C@@H]23)cc1OC. The minimum atomic E-state index is -0.756. The summed E-state index contributed by atoms with van der Waals surface area (Å²) in [6.07, 6.45) is 0. The number of carbonyl (C=O) groups excluding carboxylic acids is 2. The van der Waals surface area contributed by atoms with Crippen molar-refractivity contribution < 1.29 is 19.1 Å². The van der Waals surface area contributed by atoms with Gasteiger partial charge >= 0.3 is 0 Å². The third-order valence-electron chi connectivity index (χ3n) is 5.76. The van der Waals surface area contributed by atoms with Crippen LogP contribution in [0.25, 0.3) is 0 Å². The Balaban J connectivity index is 1.64. The van der Waals surface area contributed by atoms with Crippen LogP contribution in [-0.2, 0) is 9.59 Å². The molecule has 7 nitrogen and oxygen atoms in total. The molecule has 0 spiro atoms. The number of nitrogens with zero attached hydrogens (tertiary/aromatic N) is 3. The molecule has 0 unspecified atom stereocenters. The Labute approximate surface area is 185 Å². The Bertz CT molecular complexity index is 1210. The summed E-state index contributed by atoms with van der Waals surface area (Å²) in [5, 5.41) is 6.41. The lowest BCUT2D eigenvalue weighted by molar-refractivity contribution is -0.121. The molecule has 1 fully saturated rings. The fraction of sp³-hybridized carbons (Fsp3) is 0.160. The molecule has 2 atom stereocenters. The predicted molar refractivity (Wildman–Crippen MR) is 121 cm³/mol. The van der Waals surface area contributed by atoms with Gasteiger partial charge in [0.25, 0.3) is 5.91 Å². The highest BCUT2D eigenvalue weighted by molar-refractivity contribution is 6.34. The first-order valence-corrected chi connectivity index (χ1v) is 10.2. The minimum absolute atomic E-state index is 0.293. The molecular formula is C25H21N3O4. The van der Waals surface area contributed by atoms with Gasteiger partial charge in [0.05, 0.1) is 31.3 Å². The van der Waals surface area contributed by atoms with Crippen LogP contribution >= 0.6 is 0 Å². The zero-order valence-electron chi connectivity index (χ0n) is 17.6. The van der Waals surface area contributed by atoms with Gasteiger partial charge in [0.2, 0.25) is 5.91 Å². The van der Waals surface area contributed by atoms with Gasteiger partial charge in [-0.2, -0.15) is 5.10 Å². The second-order valence-electron chi connectivity index (χ2n) is 7.51. The summed E-state index contributed by atoms with van der Waals surface area (Å²) in [5.41, 5.74) is 2.52. The van der Waals surface area contributed by atoms with E-state index in [1.54, 1.807) is 43.5 Å². The molecule has 0 bridgehead atoms. The van der Waals surface area contributed by atoms with Gasteiger partial charge in [-0.3, -0.25) is 14.6 Å². The summed E-state index contributed by atoms with van der Waals surface area (Å²) in [7, 11) is 3.12. The number of carbonyl (C=O) groups is 2. The number of ether oxygens (including phenoxy) is 2. The smallest absolute Gasteiger partial charge is 0.259 e. The van der Waals surface area contributed by atoms with E-state index in [0.717, 1.165) is 5.69 Å². The largest absolute Gasteiger partial charge is 0.493 e. The maximum Gasteiger partial charge on any atom is 0.259 e. The monoisotopic (exact) mass is 427 g/mol. The maximum atomic E-state index is 13.6. The highest BCUT2D eigenvalue weighted by Crippen LogP contribution is 2.40. The van der Waals surface area contributed by atoms with E-state index < -0.39 is 12.0 Å². The number of fused-ring (bicyclic) bond motifs is 1. The third kappa shape index (κ3) is 3.01. The molecule has 160 valence electrons. The summed E-state index contributed by atoms with van der Waals surface area (Å²) in [6, 6.07) is 23.0. The molecule has 3 aromatic rings. The zero-order chi connectivity index (χ0) is 22.2. The van der Waals surface area contributed by atoms with Crippen molar-refractivity contribution in [3.05, 3.63) is 84.4 Å². The molecule has 2 heterocycles. The fourth-order valence-electron chi connectivity index (χ4n) is 4.27. The van der Waals surface area contributed by atoms with Gasteiger partial charge < -0.3 is 9.47 Å². The lowest BCUT2D eigenvalue weighted by Crippen LogP contribution is -2.39. The lowest BCUT2D eigenvalue weighted by Gasteiger charge is -2.22. The van der Waals surface area contributed by atoms with Crippen LogP contribution in [0.1, 0.15) is 5.56 Å². The molecule has 0 radical (unpaired) electrons. The average molecular weight is 427 g/mol. The van der Waals surface area contributed by atoms with Gasteiger partial charge in [-0.25, -0.2) is 4.90 Å². The number of benzene rings is 3. The van der Waals surface area contributed by atoms with Crippen molar-refractivity contribution in [3.63, 3.8) is 0 Å². The standard InChI is InChI=1S/C25H21N3O4/c1-31-19-14-13-16(15-20(19)32-2)22-21-23(28(26-22)18-11-7-4-8-12-18)25(30)27(24(21)29)17-9-5-3-6-10-17/h3-15,21,23H,1-2H3/t21-,23+/m0/s1. The van der Waals surface area contributed by atoms with Crippen molar-refractivity contribution in [2.24, 2.45) is 11.0 Å². The average Bonchev–Trinajstić information content (AvgIpc) is 3.36. The molecule has 5 rings (SSSR count). The van der Waals surface area contributed by atoms with Crippen molar-refractivity contribution in [3.8, 4) is 11.5 Å². The molecule has 1 saturated heterocycles. The van der Waals surface area contributed by atoms with E-state index >= 15 is 0 Å². The van der Waals surface area contributed by atoms with E-state index in [9.17, 15) is 9.59 Å². The van der Waals surface area contributed by atoms with Crippen LogP contribution in [0, 0.1) is 5.92 Å². The van der Waals surface area contributed by atoms with Crippen LogP contribution in [0.15, 0.2) is 84.0 Å². The Morgan fingerprint density at radius 1 is 0.750 bits per heavy atom. The van der Waals surface area contributed by atoms with Gasteiger partial charge in [0, 0.05) is 5.56 Å². The zero-order valence-corrected chi connectivity index (χ0v) is 17.6. The number of anilines is 2. The van der Waals surface area contributed by atoms with E-state index in [4.69, 9.17) is 14.6 Å². The fourth-order valence-corrected chi connectivity index (χ4v) is 4.27. The number of methoxy groups -OCH3 is 2. The van der Waals surface area contributed by atoms with E-state index in [1.807, 2.05) is 54.6 Å². The van der Waals surface area contributed by atoms with Crippen LogP contribution < -0.4 is 19.4 Å². The topological polar surface area (TPSA) is 71.4 Å². The van der Waals surface area contributed by atoms with Crippen molar-refractivity contribution >= 4 is 28.9 Å². The first-order valence-electron chi connectivity index (χ1n) is 10.2. The molecule has 2 amide bonds. The highest BCUT2D eigenvalue weighted by atomic mass is 16.5. The van der Waals surface area contributed by atoms with Crippen molar-refractivity contribution in [1.29, 1.82) is 0 Å². The van der Waals surface area contributed by atoms with Crippen LogP contribution in [-0.4, -0.2) is 37.8 Å². The van der Waals surface area contributed by atoms with Gasteiger partial charge in [-0.1, -0.05) is 36.4 Å². The number of amides is 2. The first kappa shape index (κ1) is 19.8. The molecule has 2 aliphatic rings. The molecule has 32 heavy (non-hydrogen) atoms. The summed E-state index contributed by atoms with van der Waals surface area (Å²) >= 11 is 0. The predicted octanol–water partition coefficient (Wildman–Crippen LogP) is 3.49. The van der Waals surface area contributed by atoms with Crippen LogP contribution in [0.3, 0.4) is 0 Å². The Morgan fingerprint density at radius 2 is 1.38 bits per heavy atom. The number of para-hydroxylation sites is 2. The third-order valence-corrected chi connectivity index (χ3v) is 5.76. The molecule has 0 saturated carbocycles. The molecule has 0 N–H and O–H groups in total. The summed E-state index contributed by atoms with van der Waals surface area (Å²) in [6.45, 7) is 0. The van der Waals surface area contributed by atoms with Crippen molar-refractivity contribution in [2.75, 3.05) is 24.1 Å². The number of hydrazone groups is 1. The summed E-state index contributed by atoms with van der Waals surface area (Å²) in [4.78, 5) is 28.4. The van der Waals surface area contributed by atoms with Gasteiger partial charge in [0.15, 0.2) is 11.5 Å². The van der Waals surface area contributed by atoms with E-state index in [1.165, 1.54) is 4.90 Å². The van der Waals surface area contributed by atoms with Crippen LogP contribution in [0.4, 0.5) is 11.4 Å². The van der Waals surface area contributed by atoms with Gasteiger partial charge in [-0.15, -0.1) is 0 Å². The number of imide groups is 1. The van der Waals surface area contributed by atoms with Crippen molar-refractivity contribution in [1.82, 2.24) is 0 Å². The second-order valence-corrected chi connectivity index (χ2v) is 7.51. The number of hydrogen-bond donors (Lipinski definition) is 0. The van der Waals surface area contributed by atoms with Gasteiger partial charge in [0.1, 0.15) is 12.0 Å². The summed E-state index contributed by atoms with van der Waals surface area (Å²) < 4.78 is 10.8. The lowest BCUT2D eigenvalue weighted by atomic mass is 9.92.